The number of hydrogen-bond acceptors (Lipinski definition) is 5. The van der Waals surface area contributed by atoms with Crippen LogP contribution in [0.3, 0.4) is 0 Å². The van der Waals surface area contributed by atoms with Crippen molar-refractivity contribution in [2.75, 3.05) is 0 Å². The maximum Gasteiger partial charge on any atom is 0.114 e. The third-order valence-electron chi connectivity index (χ3n) is 14.4. The van der Waals surface area contributed by atoms with E-state index in [9.17, 15) is 0 Å². The van der Waals surface area contributed by atoms with Gasteiger partial charge in [0.15, 0.2) is 0 Å². The highest BCUT2D eigenvalue weighted by Gasteiger charge is 2.44. The first-order valence-corrected chi connectivity index (χ1v) is 26.3. The maximum atomic E-state index is 4.92. The molecule has 0 aliphatic heterocycles. The molecular formula is C56H68N2S3. The van der Waals surface area contributed by atoms with Crippen LogP contribution in [0.25, 0.3) is 64.3 Å². The minimum atomic E-state index is 0.0186. The Morgan fingerprint density at radius 2 is 1.15 bits per heavy atom. The summed E-state index contributed by atoms with van der Waals surface area (Å²) in [5.74, 6) is 0.518. The summed E-state index contributed by atoms with van der Waals surface area (Å²) >= 11 is 5.15. The first kappa shape index (κ1) is 44.0. The van der Waals surface area contributed by atoms with Crippen molar-refractivity contribution in [2.24, 2.45) is 0 Å². The number of unbranched alkanes of at least 4 members (excludes halogenated alkanes) is 10. The van der Waals surface area contributed by atoms with Crippen LogP contribution in [0.15, 0.2) is 84.9 Å². The molecule has 1 atom stereocenters. The molecule has 4 aromatic carbocycles. The quantitative estimate of drug-likeness (QED) is 0.0673. The second kappa shape index (κ2) is 19.4. The average molecular weight is 865 g/mol. The molecule has 0 saturated carbocycles. The fourth-order valence-electron chi connectivity index (χ4n) is 10.2. The van der Waals surface area contributed by atoms with Crippen molar-refractivity contribution in [1.29, 1.82) is 0 Å². The van der Waals surface area contributed by atoms with Crippen molar-refractivity contribution < 1.29 is 0 Å². The highest BCUT2D eigenvalue weighted by Crippen LogP contribution is 2.58. The van der Waals surface area contributed by atoms with Gasteiger partial charge in [0.25, 0.3) is 0 Å². The van der Waals surface area contributed by atoms with E-state index in [2.05, 4.69) is 133 Å². The lowest BCUT2D eigenvalue weighted by Crippen LogP contribution is -2.26. The molecule has 1 aliphatic carbocycles. The lowest BCUT2D eigenvalue weighted by Gasteiger charge is -2.34. The summed E-state index contributed by atoms with van der Waals surface area (Å²) in [4.78, 5) is 5.30. The van der Waals surface area contributed by atoms with Gasteiger partial charge in [-0.3, -0.25) is 0 Å². The van der Waals surface area contributed by atoms with Crippen molar-refractivity contribution in [1.82, 2.24) is 8.75 Å². The molecule has 0 spiro atoms. The van der Waals surface area contributed by atoms with Gasteiger partial charge < -0.3 is 0 Å². The molecule has 5 heteroatoms. The van der Waals surface area contributed by atoms with E-state index in [1.807, 2.05) is 22.7 Å². The molecule has 0 fully saturated rings. The molecule has 0 N–H and O–H groups in total. The second-order valence-corrected chi connectivity index (χ2v) is 21.5. The van der Waals surface area contributed by atoms with E-state index < -0.39 is 0 Å². The fraction of sp³-hybridized carbons (Fsp3) is 0.464. The Morgan fingerprint density at radius 3 is 1.79 bits per heavy atom. The molecule has 7 aromatic rings. The Kier molecular flexibility index (Phi) is 14.0. The van der Waals surface area contributed by atoms with Gasteiger partial charge in [-0.25, -0.2) is 0 Å². The van der Waals surface area contributed by atoms with Crippen LogP contribution < -0.4 is 0 Å². The van der Waals surface area contributed by atoms with Crippen LogP contribution in [0.1, 0.15) is 179 Å². The fourth-order valence-corrected chi connectivity index (χ4v) is 13.0. The highest BCUT2D eigenvalue weighted by atomic mass is 32.1. The van der Waals surface area contributed by atoms with Gasteiger partial charge in [0.05, 0.1) is 11.7 Å². The van der Waals surface area contributed by atoms with Crippen molar-refractivity contribution in [3.63, 3.8) is 0 Å². The van der Waals surface area contributed by atoms with Crippen molar-refractivity contribution in [3.8, 4) is 42.4 Å². The summed E-state index contributed by atoms with van der Waals surface area (Å²) in [5, 5.41) is 2.90. The highest BCUT2D eigenvalue weighted by molar-refractivity contribution is 7.19. The third kappa shape index (κ3) is 8.70. The number of hydrogen-bond donors (Lipinski definition) is 0. The zero-order valence-electron chi connectivity index (χ0n) is 38.1. The molecule has 0 radical (unpaired) electrons. The number of rotatable bonds is 21. The Balaban J connectivity index is 1.20. The van der Waals surface area contributed by atoms with E-state index >= 15 is 0 Å². The molecular weight excluding hydrogens is 797 g/mol. The zero-order chi connectivity index (χ0) is 42.6. The molecule has 320 valence electrons. The summed E-state index contributed by atoms with van der Waals surface area (Å²) in [6.07, 6.45) is 20.7. The van der Waals surface area contributed by atoms with Crippen LogP contribution in [0.4, 0.5) is 0 Å². The van der Waals surface area contributed by atoms with Crippen LogP contribution in [-0.2, 0) is 10.8 Å². The van der Waals surface area contributed by atoms with Crippen LogP contribution in [-0.4, -0.2) is 8.75 Å². The number of fused-ring (bicyclic) bond motifs is 6. The monoisotopic (exact) mass is 864 g/mol. The predicted molar refractivity (Wildman–Crippen MR) is 271 cm³/mol. The minimum Gasteiger partial charge on any atom is -0.172 e. The molecule has 0 bridgehead atoms. The van der Waals surface area contributed by atoms with Gasteiger partial charge in [-0.15, -0.1) is 22.7 Å². The summed E-state index contributed by atoms with van der Waals surface area (Å²) in [5.41, 5.74) is 13.7. The van der Waals surface area contributed by atoms with Gasteiger partial charge >= 0.3 is 0 Å². The maximum absolute atomic E-state index is 4.92. The second-order valence-electron chi connectivity index (χ2n) is 18.8. The van der Waals surface area contributed by atoms with Gasteiger partial charge in [-0.1, -0.05) is 180 Å². The first-order valence-electron chi connectivity index (χ1n) is 23.9. The van der Waals surface area contributed by atoms with E-state index in [4.69, 9.17) is 8.75 Å². The van der Waals surface area contributed by atoms with Crippen molar-refractivity contribution in [2.45, 2.75) is 168 Å². The number of nitrogens with zero attached hydrogens (tertiary/aromatic N) is 2. The largest absolute Gasteiger partial charge is 0.172 e. The van der Waals surface area contributed by atoms with Gasteiger partial charge in [-0.2, -0.15) is 8.75 Å². The SMILES string of the molecule is CCCCCCCCC1(CCCCCCCC)c2cc(-c3ccc(-c4ccc(-c5ccc(C(C)(C)CC)s5)c5nsnc45)s3)ccc2-c2c1cc(C(C)CC)c1ccccc21. The Bertz CT molecular complexity index is 2550. The summed E-state index contributed by atoms with van der Waals surface area (Å²) in [6.45, 7) is 16.4. The van der Waals surface area contributed by atoms with Crippen LogP contribution in [0, 0.1) is 0 Å². The Hall–Kier alpha value is -3.64. The first-order chi connectivity index (χ1) is 29.7. The van der Waals surface area contributed by atoms with Gasteiger partial charge in [0.2, 0.25) is 0 Å². The zero-order valence-corrected chi connectivity index (χ0v) is 40.5. The summed E-state index contributed by atoms with van der Waals surface area (Å²) in [7, 11) is 0. The number of aromatic nitrogens is 2. The van der Waals surface area contributed by atoms with E-state index in [1.165, 1.54) is 160 Å². The molecule has 0 amide bonds. The molecule has 2 nitrogen and oxygen atoms in total. The van der Waals surface area contributed by atoms with E-state index in [-0.39, 0.29) is 10.8 Å². The van der Waals surface area contributed by atoms with Crippen LogP contribution in [0.2, 0.25) is 0 Å². The topological polar surface area (TPSA) is 25.8 Å². The van der Waals surface area contributed by atoms with Crippen molar-refractivity contribution >= 4 is 56.2 Å². The molecule has 3 heterocycles. The standard InChI is InChI=1S/C56H68N2S3/c1-8-12-14-16-18-22-34-56(35-23-19-17-15-13-9-2)46-36-39(26-27-42(46)52-41-25-21-20-24-40(41)45(37-47(52)56)38(5)10-3)48-30-31-49(59-48)43-28-29-44(54-53(43)57-61-58-54)50-32-33-51(60-50)55(6,7)11-4/h20-21,24-33,36-38H,8-19,22-23,34-35H2,1-7H3. The van der Waals surface area contributed by atoms with E-state index in [1.54, 1.807) is 16.7 Å². The third-order valence-corrected chi connectivity index (χ3v) is 17.6. The van der Waals surface area contributed by atoms with Gasteiger partial charge in [0.1, 0.15) is 11.0 Å². The number of benzene rings is 4. The lowest BCUT2D eigenvalue weighted by molar-refractivity contribution is 0.397. The summed E-state index contributed by atoms with van der Waals surface area (Å²) < 4.78 is 9.81. The normalized spacial score (nSPS) is 14.0. The average Bonchev–Trinajstić information content (AvgIpc) is 4.12. The van der Waals surface area contributed by atoms with Crippen LogP contribution in [0.5, 0.6) is 0 Å². The smallest absolute Gasteiger partial charge is 0.114 e. The molecule has 0 saturated heterocycles. The minimum absolute atomic E-state index is 0.0186. The predicted octanol–water partition coefficient (Wildman–Crippen LogP) is 18.9. The van der Waals surface area contributed by atoms with E-state index in [0.717, 1.165) is 23.9 Å². The summed E-state index contributed by atoms with van der Waals surface area (Å²) in [6, 6.07) is 33.5. The Morgan fingerprint density at radius 1 is 0.574 bits per heavy atom. The molecule has 1 aliphatic rings. The van der Waals surface area contributed by atoms with E-state index in [0.29, 0.717) is 5.92 Å². The Labute approximate surface area is 379 Å². The lowest BCUT2D eigenvalue weighted by atomic mass is 9.69. The van der Waals surface area contributed by atoms with Gasteiger partial charge in [0, 0.05) is 36.1 Å². The molecule has 3 aromatic heterocycles. The van der Waals surface area contributed by atoms with Gasteiger partial charge in [-0.05, 0) is 112 Å². The number of thiophene rings is 2. The van der Waals surface area contributed by atoms with Crippen molar-refractivity contribution in [3.05, 3.63) is 106 Å². The molecule has 1 unspecified atom stereocenters. The van der Waals surface area contributed by atoms with Crippen LogP contribution >= 0.6 is 34.4 Å². The molecule has 61 heavy (non-hydrogen) atoms. The molecule has 8 rings (SSSR count).